The number of anilines is 1. The molecule has 1 amide bonds. The van der Waals surface area contributed by atoms with Gasteiger partial charge in [-0.1, -0.05) is 58.9 Å². The van der Waals surface area contributed by atoms with Gasteiger partial charge in [-0.2, -0.15) is 4.98 Å². The normalized spacial score (nSPS) is 20.3. The number of sulfonamides is 1. The average molecular weight is 635 g/mol. The predicted octanol–water partition coefficient (Wildman–Crippen LogP) is 8.05. The average Bonchev–Trinajstić information content (AvgIpc) is 2.95. The lowest BCUT2D eigenvalue weighted by molar-refractivity contribution is 0.0503. The van der Waals surface area contributed by atoms with E-state index < -0.39 is 10.0 Å². The second kappa shape index (κ2) is 12.7. The molecule has 1 aromatic heterocycles. The maximum Gasteiger partial charge on any atom is 0.264 e. The molecule has 0 radical (unpaired) electrons. The number of fused-ring (bicyclic) bond motifs is 4. The standard InChI is InChI=1S/C36H48N4O4S.H2/c1-24-10-8-11-25(2)32(24)30-21-31-38-34(37-30)39-45(42,43)29-13-9-12-27(20-29)33(41)40(28(23-44-31)22-35(3,4)5)19-16-26-14-17-36(6,7)18-15-26;/h8-13,20-21,26,28H,14-19,22-23H2,1-7H3,(H,37,38,39);1H/t28-;/m1./s1. The van der Waals surface area contributed by atoms with Crippen LogP contribution < -0.4 is 9.46 Å². The van der Waals surface area contributed by atoms with Gasteiger partial charge in [-0.05, 0) is 98.4 Å². The van der Waals surface area contributed by atoms with E-state index in [9.17, 15) is 13.2 Å². The summed E-state index contributed by atoms with van der Waals surface area (Å²) in [4.78, 5) is 25.4. The molecule has 9 heteroatoms. The first-order valence-electron chi connectivity index (χ1n) is 16.1. The summed E-state index contributed by atoms with van der Waals surface area (Å²) < 4.78 is 36.2. The van der Waals surface area contributed by atoms with Gasteiger partial charge in [0.25, 0.3) is 15.9 Å². The summed E-state index contributed by atoms with van der Waals surface area (Å²) in [5.41, 5.74) is 4.09. The van der Waals surface area contributed by atoms with Gasteiger partial charge in [0, 0.05) is 25.2 Å². The Morgan fingerprint density at radius 3 is 2.36 bits per heavy atom. The van der Waals surface area contributed by atoms with Crippen LogP contribution in [0.4, 0.5) is 5.95 Å². The topological polar surface area (TPSA) is 101 Å². The third kappa shape index (κ3) is 8.04. The van der Waals surface area contributed by atoms with Crippen LogP contribution in [0.3, 0.4) is 0 Å². The summed E-state index contributed by atoms with van der Waals surface area (Å²) in [5, 5.41) is 0. The van der Waals surface area contributed by atoms with Gasteiger partial charge >= 0.3 is 0 Å². The molecule has 2 heterocycles. The molecule has 1 aliphatic heterocycles. The van der Waals surface area contributed by atoms with Crippen molar-refractivity contribution in [3.05, 3.63) is 65.2 Å². The van der Waals surface area contributed by atoms with Crippen molar-refractivity contribution < 1.29 is 19.4 Å². The van der Waals surface area contributed by atoms with Gasteiger partial charge in [0.15, 0.2) is 0 Å². The lowest BCUT2D eigenvalue weighted by Gasteiger charge is -2.38. The number of aromatic nitrogens is 2. The molecule has 1 N–H and O–H groups in total. The summed E-state index contributed by atoms with van der Waals surface area (Å²) in [6, 6.07) is 13.8. The fourth-order valence-corrected chi connectivity index (χ4v) is 7.69. The zero-order valence-corrected chi connectivity index (χ0v) is 28.6. The van der Waals surface area contributed by atoms with Crippen molar-refractivity contribution in [3.63, 3.8) is 0 Å². The quantitative estimate of drug-likeness (QED) is 0.305. The fourth-order valence-electron chi connectivity index (χ4n) is 6.70. The van der Waals surface area contributed by atoms with Gasteiger partial charge in [-0.3, -0.25) is 4.79 Å². The highest BCUT2D eigenvalue weighted by molar-refractivity contribution is 7.92. The van der Waals surface area contributed by atoms with E-state index >= 15 is 0 Å². The Labute approximate surface area is 270 Å². The van der Waals surface area contributed by atoms with E-state index in [-0.39, 0.29) is 42.1 Å². The summed E-state index contributed by atoms with van der Waals surface area (Å²) in [5.74, 6) is 0.541. The molecular formula is C36H50N4O4S. The smallest absolute Gasteiger partial charge is 0.264 e. The number of nitrogens with zero attached hydrogens (tertiary/aromatic N) is 3. The minimum absolute atomic E-state index is 0. The number of hydrogen-bond donors (Lipinski definition) is 1. The highest BCUT2D eigenvalue weighted by Crippen LogP contribution is 2.39. The number of aryl methyl sites for hydroxylation is 2. The van der Waals surface area contributed by atoms with E-state index in [2.05, 4.69) is 49.3 Å². The highest BCUT2D eigenvalue weighted by atomic mass is 32.2. The first-order chi connectivity index (χ1) is 21.1. The molecule has 5 rings (SSSR count). The number of ether oxygens (including phenoxy) is 1. The fraction of sp³-hybridized carbons (Fsp3) is 0.528. The summed E-state index contributed by atoms with van der Waals surface area (Å²) in [6.07, 6.45) is 6.28. The number of rotatable bonds is 5. The van der Waals surface area contributed by atoms with Gasteiger partial charge < -0.3 is 9.64 Å². The van der Waals surface area contributed by atoms with Crippen LogP contribution in [0.1, 0.15) is 96.1 Å². The third-order valence-electron chi connectivity index (χ3n) is 9.27. The number of carbonyl (C=O) groups excluding carboxylic acids is 1. The Balaban J connectivity index is 0.00000480. The Hall–Kier alpha value is -3.46. The van der Waals surface area contributed by atoms with E-state index in [4.69, 9.17) is 4.74 Å². The third-order valence-corrected chi connectivity index (χ3v) is 10.6. The SMILES string of the molecule is Cc1cccc(C)c1-c1cc2nc(n1)NS(=O)(=O)c1cccc(c1)C(=O)N(CCC1CCC(C)(C)CC1)[C@H](CC(C)(C)C)CO2.[HH]. The van der Waals surface area contributed by atoms with Crippen molar-refractivity contribution in [2.45, 2.75) is 97.9 Å². The molecule has 1 atom stereocenters. The molecule has 0 spiro atoms. The highest BCUT2D eigenvalue weighted by Gasteiger charge is 2.33. The number of hydrogen-bond acceptors (Lipinski definition) is 6. The summed E-state index contributed by atoms with van der Waals surface area (Å²) >= 11 is 0. The van der Waals surface area contributed by atoms with Crippen LogP contribution >= 0.6 is 0 Å². The van der Waals surface area contributed by atoms with Gasteiger partial charge in [0.1, 0.15) is 6.61 Å². The van der Waals surface area contributed by atoms with E-state index in [0.29, 0.717) is 35.6 Å². The van der Waals surface area contributed by atoms with Crippen LogP contribution in [0.25, 0.3) is 11.3 Å². The van der Waals surface area contributed by atoms with E-state index in [1.54, 1.807) is 18.2 Å². The number of nitrogens with one attached hydrogen (secondary N) is 1. The maximum atomic E-state index is 14.3. The minimum Gasteiger partial charge on any atom is -0.475 e. The van der Waals surface area contributed by atoms with Crippen LogP contribution in [0.15, 0.2) is 53.4 Å². The van der Waals surface area contributed by atoms with Crippen molar-refractivity contribution in [2.24, 2.45) is 16.7 Å². The van der Waals surface area contributed by atoms with Gasteiger partial charge in [0.05, 0.1) is 16.6 Å². The molecule has 1 aliphatic carbocycles. The van der Waals surface area contributed by atoms with Crippen molar-refractivity contribution >= 4 is 21.9 Å². The lowest BCUT2D eigenvalue weighted by Crippen LogP contribution is -2.46. The second-order valence-corrected chi connectivity index (χ2v) is 16.6. The van der Waals surface area contributed by atoms with E-state index in [0.717, 1.165) is 36.0 Å². The summed E-state index contributed by atoms with van der Waals surface area (Å²) in [7, 11) is -4.10. The molecule has 1 saturated carbocycles. The summed E-state index contributed by atoms with van der Waals surface area (Å²) in [6.45, 7) is 16.0. The molecule has 4 bridgehead atoms. The van der Waals surface area contributed by atoms with Gasteiger partial charge in [-0.25, -0.2) is 18.1 Å². The van der Waals surface area contributed by atoms with Gasteiger partial charge in [-0.15, -0.1) is 0 Å². The molecule has 8 nitrogen and oxygen atoms in total. The van der Waals surface area contributed by atoms with Crippen LogP contribution in [-0.2, 0) is 10.0 Å². The Kier molecular flexibility index (Phi) is 9.32. The van der Waals surface area contributed by atoms with Crippen molar-refractivity contribution in [1.29, 1.82) is 0 Å². The van der Waals surface area contributed by atoms with Crippen LogP contribution in [0.5, 0.6) is 5.88 Å². The molecule has 2 aliphatic rings. The molecule has 45 heavy (non-hydrogen) atoms. The molecule has 2 aromatic carbocycles. The zero-order chi connectivity index (χ0) is 32.6. The first-order valence-corrected chi connectivity index (χ1v) is 17.6. The van der Waals surface area contributed by atoms with Gasteiger partial charge in [0.2, 0.25) is 11.8 Å². The first kappa shape index (κ1) is 32.9. The second-order valence-electron chi connectivity index (χ2n) is 14.9. The number of benzene rings is 2. The predicted molar refractivity (Wildman–Crippen MR) is 181 cm³/mol. The monoisotopic (exact) mass is 634 g/mol. The van der Waals surface area contributed by atoms with E-state index in [1.807, 2.05) is 36.9 Å². The van der Waals surface area contributed by atoms with Crippen LogP contribution in [0.2, 0.25) is 0 Å². The Morgan fingerprint density at radius 2 is 1.69 bits per heavy atom. The maximum absolute atomic E-state index is 14.3. The Bertz CT molecular complexity index is 1640. The lowest BCUT2D eigenvalue weighted by atomic mass is 9.72. The van der Waals surface area contributed by atoms with Crippen molar-refractivity contribution in [1.82, 2.24) is 14.9 Å². The zero-order valence-electron chi connectivity index (χ0n) is 27.8. The van der Waals surface area contributed by atoms with Crippen LogP contribution in [-0.4, -0.2) is 48.4 Å². The van der Waals surface area contributed by atoms with E-state index in [1.165, 1.54) is 25.0 Å². The Morgan fingerprint density at radius 1 is 1.02 bits per heavy atom. The number of carbonyl (C=O) groups is 1. The molecule has 3 aromatic rings. The molecule has 244 valence electrons. The number of amides is 1. The minimum atomic E-state index is -4.10. The largest absolute Gasteiger partial charge is 0.475 e. The molecule has 0 unspecified atom stereocenters. The van der Waals surface area contributed by atoms with Crippen molar-refractivity contribution in [2.75, 3.05) is 17.9 Å². The van der Waals surface area contributed by atoms with Crippen molar-refractivity contribution in [3.8, 4) is 17.1 Å². The molecular weight excluding hydrogens is 584 g/mol. The molecule has 1 fully saturated rings. The molecule has 0 saturated heterocycles. The van der Waals surface area contributed by atoms with Crippen LogP contribution in [0, 0.1) is 30.6 Å².